The Kier molecular flexibility index (Phi) is 4.90. The van der Waals surface area contributed by atoms with Gasteiger partial charge in [0.15, 0.2) is 0 Å². The van der Waals surface area contributed by atoms with E-state index in [4.69, 9.17) is 23.2 Å². The Hall–Kier alpha value is -0.980. The first-order valence-corrected chi connectivity index (χ1v) is 7.17. The number of amides is 2. The van der Waals surface area contributed by atoms with Crippen LogP contribution in [-0.4, -0.2) is 6.03 Å². The first-order chi connectivity index (χ1) is 9.04. The quantitative estimate of drug-likeness (QED) is 0.657. The van der Waals surface area contributed by atoms with Crippen LogP contribution in [0.15, 0.2) is 42.5 Å². The van der Waals surface area contributed by atoms with E-state index >= 15 is 0 Å². The molecule has 98 valence electrons. The minimum absolute atomic E-state index is 0.333. The number of urea groups is 1. The monoisotopic (exact) mass is 406 g/mol. The second-order valence-electron chi connectivity index (χ2n) is 3.72. The molecule has 0 aliphatic carbocycles. The summed E-state index contributed by atoms with van der Waals surface area (Å²) >= 11 is 13.9. The van der Waals surface area contributed by atoms with Crippen molar-refractivity contribution in [2.24, 2.45) is 0 Å². The molecular formula is C13H9Cl2IN2O. The fourth-order valence-corrected chi connectivity index (χ4v) is 2.27. The van der Waals surface area contributed by atoms with Gasteiger partial charge in [0, 0.05) is 14.9 Å². The van der Waals surface area contributed by atoms with Crippen LogP contribution in [-0.2, 0) is 0 Å². The van der Waals surface area contributed by atoms with Gasteiger partial charge in [-0.3, -0.25) is 0 Å². The van der Waals surface area contributed by atoms with Gasteiger partial charge < -0.3 is 10.6 Å². The summed E-state index contributed by atoms with van der Waals surface area (Å²) in [7, 11) is 0. The van der Waals surface area contributed by atoms with E-state index in [1.807, 2.05) is 24.3 Å². The molecule has 0 aromatic heterocycles. The van der Waals surface area contributed by atoms with Crippen molar-refractivity contribution in [1.82, 2.24) is 0 Å². The van der Waals surface area contributed by atoms with Crippen LogP contribution in [0.25, 0.3) is 0 Å². The number of hydrogen-bond donors (Lipinski definition) is 2. The largest absolute Gasteiger partial charge is 0.323 e. The van der Waals surface area contributed by atoms with Gasteiger partial charge in [-0.1, -0.05) is 29.3 Å². The lowest BCUT2D eigenvalue weighted by Gasteiger charge is -2.08. The number of carbonyl (C=O) groups excluding carboxylic acids is 1. The molecule has 0 atom stereocenters. The van der Waals surface area contributed by atoms with Crippen LogP contribution in [0.5, 0.6) is 0 Å². The molecule has 0 saturated heterocycles. The van der Waals surface area contributed by atoms with Crippen molar-refractivity contribution in [2.75, 3.05) is 10.6 Å². The Labute approximate surface area is 134 Å². The maximum atomic E-state index is 11.8. The number of anilines is 2. The third-order valence-corrected chi connectivity index (χ3v) is 3.67. The fraction of sp³-hybridized carbons (Fsp3) is 0. The second kappa shape index (κ2) is 6.45. The number of benzene rings is 2. The molecule has 2 N–H and O–H groups in total. The average molecular weight is 407 g/mol. The minimum atomic E-state index is -0.333. The first kappa shape index (κ1) is 14.4. The summed E-state index contributed by atoms with van der Waals surface area (Å²) in [6.45, 7) is 0. The number of nitrogens with one attached hydrogen (secondary N) is 2. The number of rotatable bonds is 2. The SMILES string of the molecule is O=C(Nc1cccc(I)c1)Nc1ccc(Cl)c(Cl)c1. The van der Waals surface area contributed by atoms with Gasteiger partial charge in [0.2, 0.25) is 0 Å². The van der Waals surface area contributed by atoms with Crippen LogP contribution in [0.3, 0.4) is 0 Å². The lowest BCUT2D eigenvalue weighted by Crippen LogP contribution is -2.19. The molecule has 0 spiro atoms. The van der Waals surface area contributed by atoms with Crippen molar-refractivity contribution in [3.8, 4) is 0 Å². The normalized spacial score (nSPS) is 10.1. The van der Waals surface area contributed by atoms with Crippen LogP contribution in [0.4, 0.5) is 16.2 Å². The van der Waals surface area contributed by atoms with Crippen LogP contribution >= 0.6 is 45.8 Å². The standard InChI is InChI=1S/C13H9Cl2IN2O/c14-11-5-4-10(7-12(11)15)18-13(19)17-9-3-1-2-8(16)6-9/h1-7H,(H2,17,18,19). The highest BCUT2D eigenvalue weighted by Gasteiger charge is 2.05. The summed E-state index contributed by atoms with van der Waals surface area (Å²) in [6.07, 6.45) is 0. The van der Waals surface area contributed by atoms with Gasteiger partial charge in [-0.25, -0.2) is 4.79 Å². The molecule has 19 heavy (non-hydrogen) atoms. The molecule has 2 amide bonds. The smallest absolute Gasteiger partial charge is 0.308 e. The van der Waals surface area contributed by atoms with Crippen LogP contribution in [0.1, 0.15) is 0 Å². The lowest BCUT2D eigenvalue weighted by atomic mass is 10.3. The van der Waals surface area contributed by atoms with Crippen LogP contribution < -0.4 is 10.6 Å². The van der Waals surface area contributed by atoms with Crippen LogP contribution in [0.2, 0.25) is 10.0 Å². The number of carbonyl (C=O) groups is 1. The molecule has 2 aromatic carbocycles. The number of hydrogen-bond acceptors (Lipinski definition) is 1. The Balaban J connectivity index is 2.03. The van der Waals surface area contributed by atoms with Crippen LogP contribution in [0, 0.1) is 3.57 Å². The zero-order chi connectivity index (χ0) is 13.8. The van der Waals surface area contributed by atoms with Crippen molar-refractivity contribution in [3.63, 3.8) is 0 Å². The Morgan fingerprint density at radius 3 is 2.26 bits per heavy atom. The highest BCUT2D eigenvalue weighted by molar-refractivity contribution is 14.1. The van der Waals surface area contributed by atoms with E-state index in [9.17, 15) is 4.79 Å². The molecule has 0 heterocycles. The zero-order valence-electron chi connectivity index (χ0n) is 9.58. The van der Waals surface area contributed by atoms with Crippen molar-refractivity contribution in [1.29, 1.82) is 0 Å². The van der Waals surface area contributed by atoms with E-state index < -0.39 is 0 Å². The molecule has 3 nitrogen and oxygen atoms in total. The van der Waals surface area contributed by atoms with Gasteiger partial charge >= 0.3 is 6.03 Å². The summed E-state index contributed by atoms with van der Waals surface area (Å²) < 4.78 is 1.05. The molecule has 0 bridgehead atoms. The van der Waals surface area contributed by atoms with Gasteiger partial charge in [0.25, 0.3) is 0 Å². The number of halogens is 3. The predicted octanol–water partition coefficient (Wildman–Crippen LogP) is 5.24. The van der Waals surface area contributed by atoms with Crippen molar-refractivity contribution in [3.05, 3.63) is 56.1 Å². The molecule has 0 aliphatic rings. The molecule has 0 aliphatic heterocycles. The summed E-state index contributed by atoms with van der Waals surface area (Å²) in [5.41, 5.74) is 1.31. The lowest BCUT2D eigenvalue weighted by molar-refractivity contribution is 0.262. The van der Waals surface area contributed by atoms with E-state index in [-0.39, 0.29) is 6.03 Å². The molecule has 0 fully saturated rings. The van der Waals surface area contributed by atoms with E-state index in [0.717, 1.165) is 9.26 Å². The highest BCUT2D eigenvalue weighted by Crippen LogP contribution is 2.25. The van der Waals surface area contributed by atoms with Gasteiger partial charge in [-0.2, -0.15) is 0 Å². The molecule has 0 radical (unpaired) electrons. The molecule has 6 heteroatoms. The summed E-state index contributed by atoms with van der Waals surface area (Å²) in [5.74, 6) is 0. The van der Waals surface area contributed by atoms with Gasteiger partial charge in [-0.05, 0) is 59.0 Å². The van der Waals surface area contributed by atoms with Gasteiger partial charge in [-0.15, -0.1) is 0 Å². The van der Waals surface area contributed by atoms with E-state index in [1.54, 1.807) is 18.2 Å². The third-order valence-electron chi connectivity index (χ3n) is 2.26. The molecule has 0 unspecified atom stereocenters. The van der Waals surface area contributed by atoms with Crippen molar-refractivity contribution < 1.29 is 4.79 Å². The summed E-state index contributed by atoms with van der Waals surface area (Å²) in [5, 5.41) is 6.26. The highest BCUT2D eigenvalue weighted by atomic mass is 127. The van der Waals surface area contributed by atoms with E-state index in [0.29, 0.717) is 15.7 Å². The molecule has 2 aromatic rings. The Bertz CT molecular complexity index is 619. The maximum Gasteiger partial charge on any atom is 0.323 e. The third kappa shape index (κ3) is 4.26. The Morgan fingerprint density at radius 2 is 1.63 bits per heavy atom. The molecular weight excluding hydrogens is 398 g/mol. The summed E-state index contributed by atoms with van der Waals surface area (Å²) in [6, 6.07) is 12.1. The van der Waals surface area contributed by atoms with E-state index in [1.165, 1.54) is 0 Å². The predicted molar refractivity (Wildman–Crippen MR) is 88.3 cm³/mol. The second-order valence-corrected chi connectivity index (χ2v) is 5.78. The van der Waals surface area contributed by atoms with Crippen molar-refractivity contribution in [2.45, 2.75) is 0 Å². The minimum Gasteiger partial charge on any atom is -0.308 e. The fourth-order valence-electron chi connectivity index (χ4n) is 1.43. The summed E-state index contributed by atoms with van der Waals surface area (Å²) in [4.78, 5) is 11.8. The molecule has 0 saturated carbocycles. The molecule has 2 rings (SSSR count). The van der Waals surface area contributed by atoms with Gasteiger partial charge in [0.05, 0.1) is 10.0 Å². The Morgan fingerprint density at radius 1 is 0.947 bits per heavy atom. The maximum absolute atomic E-state index is 11.8. The zero-order valence-corrected chi connectivity index (χ0v) is 13.3. The van der Waals surface area contributed by atoms with Gasteiger partial charge in [0.1, 0.15) is 0 Å². The topological polar surface area (TPSA) is 41.1 Å². The van der Waals surface area contributed by atoms with E-state index in [2.05, 4.69) is 33.2 Å². The van der Waals surface area contributed by atoms with Crippen molar-refractivity contribution >= 4 is 63.2 Å². The average Bonchev–Trinajstić information content (AvgIpc) is 2.34. The first-order valence-electron chi connectivity index (χ1n) is 5.33.